The SMILES string of the molecule is Cc1c(CN)cccc1S(=O)(=O)Nc1nccs1. The number of nitrogens with one attached hydrogen (secondary N) is 1. The highest BCUT2D eigenvalue weighted by molar-refractivity contribution is 7.93. The summed E-state index contributed by atoms with van der Waals surface area (Å²) >= 11 is 1.23. The maximum atomic E-state index is 12.2. The molecule has 3 N–H and O–H groups in total. The predicted octanol–water partition coefficient (Wildman–Crippen LogP) is 1.71. The Labute approximate surface area is 110 Å². The quantitative estimate of drug-likeness (QED) is 0.894. The summed E-state index contributed by atoms with van der Waals surface area (Å²) in [6, 6.07) is 5.06. The van der Waals surface area contributed by atoms with Crippen molar-refractivity contribution in [2.45, 2.75) is 18.4 Å². The molecule has 0 radical (unpaired) electrons. The number of aromatic nitrogens is 1. The van der Waals surface area contributed by atoms with Gasteiger partial charge in [-0.25, -0.2) is 13.4 Å². The zero-order valence-electron chi connectivity index (χ0n) is 9.75. The van der Waals surface area contributed by atoms with Crippen molar-refractivity contribution in [3.8, 4) is 0 Å². The molecule has 0 spiro atoms. The van der Waals surface area contributed by atoms with Crippen molar-refractivity contribution < 1.29 is 8.42 Å². The van der Waals surface area contributed by atoms with E-state index in [-0.39, 0.29) is 4.90 Å². The minimum atomic E-state index is -3.60. The summed E-state index contributed by atoms with van der Waals surface area (Å²) in [5.74, 6) is 0. The molecule has 0 fully saturated rings. The Hall–Kier alpha value is -1.44. The van der Waals surface area contributed by atoms with Gasteiger partial charge in [0.25, 0.3) is 10.0 Å². The van der Waals surface area contributed by atoms with Gasteiger partial charge in [-0.15, -0.1) is 11.3 Å². The molecule has 96 valence electrons. The molecule has 1 aromatic carbocycles. The highest BCUT2D eigenvalue weighted by Crippen LogP contribution is 2.22. The molecule has 2 rings (SSSR count). The minimum absolute atomic E-state index is 0.237. The molecule has 2 aromatic rings. The summed E-state index contributed by atoms with van der Waals surface area (Å²) in [4.78, 5) is 4.14. The van der Waals surface area contributed by atoms with Gasteiger partial charge in [0.1, 0.15) is 0 Å². The fourth-order valence-corrected chi connectivity index (χ4v) is 3.69. The molecule has 1 aromatic heterocycles. The fraction of sp³-hybridized carbons (Fsp3) is 0.182. The van der Waals surface area contributed by atoms with E-state index in [0.29, 0.717) is 17.2 Å². The second-order valence-electron chi connectivity index (χ2n) is 3.69. The number of sulfonamides is 1. The molecule has 1 heterocycles. The fourth-order valence-electron chi connectivity index (χ4n) is 1.62. The van der Waals surface area contributed by atoms with E-state index in [1.807, 2.05) is 6.07 Å². The Kier molecular flexibility index (Phi) is 3.65. The number of benzene rings is 1. The van der Waals surface area contributed by atoms with Crippen LogP contribution in [0.2, 0.25) is 0 Å². The first kappa shape index (κ1) is 13.0. The van der Waals surface area contributed by atoms with E-state index >= 15 is 0 Å². The monoisotopic (exact) mass is 283 g/mol. The van der Waals surface area contributed by atoms with Crippen molar-refractivity contribution >= 4 is 26.5 Å². The van der Waals surface area contributed by atoms with Gasteiger partial charge in [-0.1, -0.05) is 12.1 Å². The van der Waals surface area contributed by atoms with Crippen LogP contribution >= 0.6 is 11.3 Å². The molecular formula is C11H13N3O2S2. The third-order valence-electron chi connectivity index (χ3n) is 2.56. The Morgan fingerprint density at radius 2 is 2.22 bits per heavy atom. The molecule has 0 saturated carbocycles. The Bertz CT molecular complexity index is 636. The molecular weight excluding hydrogens is 270 g/mol. The summed E-state index contributed by atoms with van der Waals surface area (Å²) in [5, 5.41) is 2.06. The maximum absolute atomic E-state index is 12.2. The smallest absolute Gasteiger partial charge is 0.263 e. The highest BCUT2D eigenvalue weighted by Gasteiger charge is 2.18. The van der Waals surface area contributed by atoms with E-state index < -0.39 is 10.0 Å². The molecule has 0 atom stereocenters. The summed E-state index contributed by atoms with van der Waals surface area (Å²) in [5.41, 5.74) is 7.06. The molecule has 0 aliphatic rings. The van der Waals surface area contributed by atoms with Crippen molar-refractivity contribution in [1.82, 2.24) is 4.98 Å². The number of hydrogen-bond donors (Lipinski definition) is 2. The van der Waals surface area contributed by atoms with Crippen LogP contribution in [-0.2, 0) is 16.6 Å². The Morgan fingerprint density at radius 3 is 2.83 bits per heavy atom. The van der Waals surface area contributed by atoms with Gasteiger partial charge >= 0.3 is 0 Å². The number of rotatable bonds is 4. The van der Waals surface area contributed by atoms with Crippen LogP contribution in [0.5, 0.6) is 0 Å². The molecule has 0 bridgehead atoms. The summed E-state index contributed by atoms with van der Waals surface area (Å²) < 4.78 is 26.9. The van der Waals surface area contributed by atoms with Crippen LogP contribution in [-0.4, -0.2) is 13.4 Å². The zero-order valence-corrected chi connectivity index (χ0v) is 11.4. The van der Waals surface area contributed by atoms with Gasteiger partial charge in [0.05, 0.1) is 4.90 Å². The number of anilines is 1. The number of hydrogen-bond acceptors (Lipinski definition) is 5. The van der Waals surface area contributed by atoms with Gasteiger partial charge in [-0.3, -0.25) is 4.72 Å². The van der Waals surface area contributed by atoms with Crippen molar-refractivity contribution in [1.29, 1.82) is 0 Å². The van der Waals surface area contributed by atoms with Crippen LogP contribution in [0.1, 0.15) is 11.1 Å². The van der Waals surface area contributed by atoms with E-state index in [2.05, 4.69) is 9.71 Å². The van der Waals surface area contributed by atoms with Gasteiger partial charge in [-0.2, -0.15) is 0 Å². The normalized spacial score (nSPS) is 11.4. The molecule has 0 unspecified atom stereocenters. The molecule has 0 aliphatic heterocycles. The maximum Gasteiger partial charge on any atom is 0.263 e. The first-order chi connectivity index (χ1) is 8.54. The standard InChI is InChI=1S/C11H13N3O2S2/c1-8-9(7-12)3-2-4-10(8)18(15,16)14-11-13-5-6-17-11/h2-6H,7,12H2,1H3,(H,13,14). The average molecular weight is 283 g/mol. The third-order valence-corrected chi connectivity index (χ3v) is 4.86. The lowest BCUT2D eigenvalue weighted by Crippen LogP contribution is -2.15. The lowest BCUT2D eigenvalue weighted by Gasteiger charge is -2.11. The van der Waals surface area contributed by atoms with Gasteiger partial charge < -0.3 is 5.73 Å². The van der Waals surface area contributed by atoms with Crippen LogP contribution in [0.4, 0.5) is 5.13 Å². The highest BCUT2D eigenvalue weighted by atomic mass is 32.2. The molecule has 0 aliphatic carbocycles. The molecule has 18 heavy (non-hydrogen) atoms. The summed E-state index contributed by atoms with van der Waals surface area (Å²) in [7, 11) is -3.60. The number of nitrogens with zero attached hydrogens (tertiary/aromatic N) is 1. The van der Waals surface area contributed by atoms with E-state index in [1.54, 1.807) is 30.6 Å². The molecule has 7 heteroatoms. The van der Waals surface area contributed by atoms with Gasteiger partial charge in [0.15, 0.2) is 5.13 Å². The van der Waals surface area contributed by atoms with Crippen LogP contribution in [0.25, 0.3) is 0 Å². The molecule has 0 amide bonds. The van der Waals surface area contributed by atoms with Crippen LogP contribution in [0, 0.1) is 6.92 Å². The molecule has 0 saturated heterocycles. The summed E-state index contributed by atoms with van der Waals surface area (Å²) in [6.07, 6.45) is 1.55. The second kappa shape index (κ2) is 5.05. The van der Waals surface area contributed by atoms with Crippen LogP contribution in [0.15, 0.2) is 34.7 Å². The van der Waals surface area contributed by atoms with Crippen molar-refractivity contribution in [3.63, 3.8) is 0 Å². The second-order valence-corrected chi connectivity index (χ2v) is 6.23. The lowest BCUT2D eigenvalue weighted by molar-refractivity contribution is 0.600. The van der Waals surface area contributed by atoms with Gasteiger partial charge in [0, 0.05) is 18.1 Å². The Balaban J connectivity index is 2.42. The predicted molar refractivity (Wildman–Crippen MR) is 72.0 cm³/mol. The Morgan fingerprint density at radius 1 is 1.44 bits per heavy atom. The summed E-state index contributed by atoms with van der Waals surface area (Å²) in [6.45, 7) is 2.06. The first-order valence-electron chi connectivity index (χ1n) is 5.25. The zero-order chi connectivity index (χ0) is 13.2. The third kappa shape index (κ3) is 2.53. The molecule has 5 nitrogen and oxygen atoms in total. The average Bonchev–Trinajstić information content (AvgIpc) is 2.81. The van der Waals surface area contributed by atoms with Crippen LogP contribution < -0.4 is 10.5 Å². The topological polar surface area (TPSA) is 85.1 Å². The van der Waals surface area contributed by atoms with Crippen molar-refractivity contribution in [2.24, 2.45) is 5.73 Å². The number of nitrogens with two attached hydrogens (primary N) is 1. The van der Waals surface area contributed by atoms with E-state index in [9.17, 15) is 8.42 Å². The number of thiazole rings is 1. The van der Waals surface area contributed by atoms with Gasteiger partial charge in [0.2, 0.25) is 0 Å². The lowest BCUT2D eigenvalue weighted by atomic mass is 10.1. The van der Waals surface area contributed by atoms with Crippen molar-refractivity contribution in [3.05, 3.63) is 40.9 Å². The van der Waals surface area contributed by atoms with E-state index in [4.69, 9.17) is 5.73 Å². The minimum Gasteiger partial charge on any atom is -0.326 e. The first-order valence-corrected chi connectivity index (χ1v) is 7.62. The largest absolute Gasteiger partial charge is 0.326 e. The van der Waals surface area contributed by atoms with E-state index in [0.717, 1.165) is 5.56 Å². The van der Waals surface area contributed by atoms with Gasteiger partial charge in [-0.05, 0) is 24.1 Å². The van der Waals surface area contributed by atoms with Crippen molar-refractivity contribution in [2.75, 3.05) is 4.72 Å². The van der Waals surface area contributed by atoms with E-state index in [1.165, 1.54) is 11.3 Å². The van der Waals surface area contributed by atoms with Crippen LogP contribution in [0.3, 0.4) is 0 Å².